The second-order valence-electron chi connectivity index (χ2n) is 16.8. The molecule has 0 aliphatic rings. The molecule has 0 aromatic heterocycles. The summed E-state index contributed by atoms with van der Waals surface area (Å²) in [5, 5.41) is 0. The topological polar surface area (TPSA) is 108 Å². The third-order valence-electron chi connectivity index (χ3n) is 10.0. The van der Waals surface area contributed by atoms with Crippen molar-refractivity contribution >= 4 is 19.8 Å². The normalized spacial score (nSPS) is 13.6. The molecule has 0 amide bonds. The van der Waals surface area contributed by atoms with Crippen molar-refractivity contribution < 1.29 is 42.1 Å². The summed E-state index contributed by atoms with van der Waals surface area (Å²) in [6.45, 7) is 4.44. The monoisotopic (exact) mass is 803 g/mol. The van der Waals surface area contributed by atoms with Crippen LogP contribution in [-0.4, -0.2) is 74.9 Å². The Morgan fingerprint density at radius 2 is 0.927 bits per heavy atom. The summed E-state index contributed by atoms with van der Waals surface area (Å²) >= 11 is 0. The maximum atomic E-state index is 12.7. The minimum absolute atomic E-state index is 0.0339. The summed E-state index contributed by atoms with van der Waals surface area (Å²) in [7, 11) is 1.48. The van der Waals surface area contributed by atoms with Crippen LogP contribution in [0.1, 0.15) is 213 Å². The van der Waals surface area contributed by atoms with Crippen molar-refractivity contribution in [2.45, 2.75) is 219 Å². The SMILES string of the molecule is CCCCCCCCCC/C=C\CCCCCCCCCC(=O)O[C@H](COC(=O)CCCCCCCCCCCCCC)COP(=O)(O)OCC[N+](C)(C)C. The first kappa shape index (κ1) is 53.8. The lowest BCUT2D eigenvalue weighted by molar-refractivity contribution is -0.870. The van der Waals surface area contributed by atoms with Crippen molar-refractivity contribution in [2.75, 3.05) is 47.5 Å². The first-order valence-electron chi connectivity index (χ1n) is 22.9. The zero-order valence-corrected chi connectivity index (χ0v) is 37.6. The van der Waals surface area contributed by atoms with Gasteiger partial charge >= 0.3 is 19.8 Å². The third kappa shape index (κ3) is 42.2. The molecule has 0 aromatic rings. The van der Waals surface area contributed by atoms with Crippen molar-refractivity contribution in [3.05, 3.63) is 12.2 Å². The van der Waals surface area contributed by atoms with Crippen LogP contribution in [0.3, 0.4) is 0 Å². The van der Waals surface area contributed by atoms with Crippen LogP contribution in [0.25, 0.3) is 0 Å². The van der Waals surface area contributed by atoms with Crippen LogP contribution in [0, 0.1) is 0 Å². The van der Waals surface area contributed by atoms with E-state index in [0.717, 1.165) is 44.9 Å². The summed E-state index contributed by atoms with van der Waals surface area (Å²) in [5.74, 6) is -0.794. The van der Waals surface area contributed by atoms with Gasteiger partial charge in [-0.2, -0.15) is 0 Å². The molecule has 0 heterocycles. The molecule has 326 valence electrons. The fraction of sp³-hybridized carbons (Fsp3) is 0.911. The molecule has 0 aromatic carbocycles. The van der Waals surface area contributed by atoms with E-state index in [1.54, 1.807) is 0 Å². The Labute approximate surface area is 339 Å². The summed E-state index contributed by atoms with van der Waals surface area (Å²) in [6, 6.07) is 0. The van der Waals surface area contributed by atoms with Gasteiger partial charge in [0.25, 0.3) is 0 Å². The lowest BCUT2D eigenvalue weighted by Gasteiger charge is -2.24. The van der Waals surface area contributed by atoms with Crippen molar-refractivity contribution in [1.82, 2.24) is 0 Å². The van der Waals surface area contributed by atoms with E-state index >= 15 is 0 Å². The van der Waals surface area contributed by atoms with Crippen LogP contribution in [0.15, 0.2) is 12.2 Å². The Hall–Kier alpha value is -1.25. The van der Waals surface area contributed by atoms with Crippen LogP contribution in [-0.2, 0) is 32.7 Å². The lowest BCUT2D eigenvalue weighted by atomic mass is 10.0. The van der Waals surface area contributed by atoms with Gasteiger partial charge in [-0.15, -0.1) is 0 Å². The van der Waals surface area contributed by atoms with Gasteiger partial charge in [0.1, 0.15) is 19.8 Å². The summed E-state index contributed by atoms with van der Waals surface area (Å²) in [6.07, 6.45) is 39.7. The lowest BCUT2D eigenvalue weighted by Crippen LogP contribution is -2.37. The Kier molecular flexibility index (Phi) is 37.4. The van der Waals surface area contributed by atoms with Gasteiger partial charge in [-0.1, -0.05) is 174 Å². The number of phosphoric acid groups is 1. The third-order valence-corrected chi connectivity index (χ3v) is 11.0. The Morgan fingerprint density at radius 3 is 1.35 bits per heavy atom. The summed E-state index contributed by atoms with van der Waals surface area (Å²) in [4.78, 5) is 35.4. The van der Waals surface area contributed by atoms with E-state index < -0.39 is 26.5 Å². The van der Waals surface area contributed by atoms with Gasteiger partial charge in [-0.05, 0) is 38.5 Å². The molecule has 0 aliphatic heterocycles. The van der Waals surface area contributed by atoms with Gasteiger partial charge in [0.2, 0.25) is 0 Å². The molecular formula is C45H89NO8P+. The number of hydrogen-bond acceptors (Lipinski definition) is 7. The van der Waals surface area contributed by atoms with Crippen molar-refractivity contribution in [3.8, 4) is 0 Å². The Bertz CT molecular complexity index is 954. The number of rotatable bonds is 42. The predicted octanol–water partition coefficient (Wildman–Crippen LogP) is 13.0. The first-order chi connectivity index (χ1) is 26.5. The van der Waals surface area contributed by atoms with E-state index in [-0.39, 0.29) is 25.6 Å². The Morgan fingerprint density at radius 1 is 0.545 bits per heavy atom. The highest BCUT2D eigenvalue weighted by molar-refractivity contribution is 7.47. The highest BCUT2D eigenvalue weighted by atomic mass is 31.2. The van der Waals surface area contributed by atoms with Gasteiger partial charge in [0.05, 0.1) is 27.7 Å². The number of likely N-dealkylation sites (N-methyl/N-ethyl adjacent to an activating group) is 1. The summed E-state index contributed by atoms with van der Waals surface area (Å²) < 4.78 is 34.3. The number of carbonyl (C=O) groups excluding carboxylic acids is 2. The molecule has 1 N–H and O–H groups in total. The van der Waals surface area contributed by atoms with Gasteiger partial charge in [-0.3, -0.25) is 18.6 Å². The summed E-state index contributed by atoms with van der Waals surface area (Å²) in [5.41, 5.74) is 0. The number of ether oxygens (including phenoxy) is 2. The fourth-order valence-corrected chi connectivity index (χ4v) is 7.16. The van der Waals surface area contributed by atoms with Crippen molar-refractivity contribution in [1.29, 1.82) is 0 Å². The van der Waals surface area contributed by atoms with E-state index in [4.69, 9.17) is 18.5 Å². The van der Waals surface area contributed by atoms with Gasteiger partial charge in [0.15, 0.2) is 6.10 Å². The molecule has 0 fully saturated rings. The van der Waals surface area contributed by atoms with Gasteiger partial charge in [0, 0.05) is 12.8 Å². The largest absolute Gasteiger partial charge is 0.472 e. The zero-order valence-electron chi connectivity index (χ0n) is 36.7. The van der Waals surface area contributed by atoms with Crippen LogP contribution in [0.4, 0.5) is 0 Å². The molecule has 0 spiro atoms. The number of hydrogen-bond donors (Lipinski definition) is 1. The number of allylic oxidation sites excluding steroid dienone is 2. The maximum Gasteiger partial charge on any atom is 0.472 e. The molecular weight excluding hydrogens is 713 g/mol. The molecule has 1 unspecified atom stereocenters. The number of carbonyl (C=O) groups is 2. The maximum absolute atomic E-state index is 12.7. The molecule has 9 nitrogen and oxygen atoms in total. The minimum Gasteiger partial charge on any atom is -0.462 e. The first-order valence-corrected chi connectivity index (χ1v) is 24.4. The molecule has 55 heavy (non-hydrogen) atoms. The molecule has 0 aliphatic carbocycles. The van der Waals surface area contributed by atoms with E-state index in [9.17, 15) is 19.0 Å². The smallest absolute Gasteiger partial charge is 0.462 e. The number of phosphoric ester groups is 1. The van der Waals surface area contributed by atoms with Crippen LogP contribution in [0.2, 0.25) is 0 Å². The van der Waals surface area contributed by atoms with E-state index in [0.29, 0.717) is 23.9 Å². The average Bonchev–Trinajstić information content (AvgIpc) is 3.13. The number of nitrogens with zero attached hydrogens (tertiary/aromatic N) is 1. The zero-order chi connectivity index (χ0) is 40.7. The number of unbranched alkanes of at least 4 members (excludes halogenated alkanes) is 26. The second-order valence-corrected chi connectivity index (χ2v) is 18.2. The molecule has 10 heteroatoms. The van der Waals surface area contributed by atoms with Crippen molar-refractivity contribution in [3.63, 3.8) is 0 Å². The highest BCUT2D eigenvalue weighted by Crippen LogP contribution is 2.43. The Balaban J connectivity index is 4.29. The number of quaternary nitrogens is 1. The predicted molar refractivity (Wildman–Crippen MR) is 229 cm³/mol. The highest BCUT2D eigenvalue weighted by Gasteiger charge is 2.27. The fourth-order valence-electron chi connectivity index (χ4n) is 6.42. The second kappa shape index (κ2) is 38.3. The molecule has 0 radical (unpaired) electrons. The van der Waals surface area contributed by atoms with E-state index in [1.807, 2.05) is 21.1 Å². The average molecular weight is 803 g/mol. The van der Waals surface area contributed by atoms with Crippen LogP contribution >= 0.6 is 7.82 Å². The molecule has 2 atom stereocenters. The number of esters is 2. The molecule has 0 rings (SSSR count). The standard InChI is InChI=1S/C45H88NO8P/c1-6-8-10-12-14-16-18-20-21-22-23-24-25-26-28-30-32-34-36-38-45(48)54-43(42-53-55(49,50)52-40-39-46(3,4)5)41-51-44(47)37-35-33-31-29-27-19-17-15-13-11-9-7-2/h22-23,43H,6-21,24-42H2,1-5H3/p+1/b23-22-/t43-/m1/s1. The minimum atomic E-state index is -4.37. The van der Waals surface area contributed by atoms with Gasteiger partial charge in [-0.25, -0.2) is 4.57 Å². The quantitative estimate of drug-likeness (QED) is 0.0214. The molecule has 0 saturated carbocycles. The van der Waals surface area contributed by atoms with Crippen molar-refractivity contribution in [2.24, 2.45) is 0 Å². The van der Waals surface area contributed by atoms with E-state index in [1.165, 1.54) is 135 Å². The van der Waals surface area contributed by atoms with Gasteiger partial charge < -0.3 is 18.9 Å². The molecule has 0 saturated heterocycles. The van der Waals surface area contributed by atoms with Crippen LogP contribution in [0.5, 0.6) is 0 Å². The van der Waals surface area contributed by atoms with Crippen LogP contribution < -0.4 is 0 Å². The van der Waals surface area contributed by atoms with E-state index in [2.05, 4.69) is 26.0 Å². The molecule has 0 bridgehead atoms.